The van der Waals surface area contributed by atoms with Gasteiger partial charge in [0.2, 0.25) is 40.8 Å². The Morgan fingerprint density at radius 2 is 1.34 bits per heavy atom. The van der Waals surface area contributed by atoms with E-state index in [2.05, 4.69) is 141 Å². The van der Waals surface area contributed by atoms with Gasteiger partial charge in [0, 0.05) is 118 Å². The molecule has 4 unspecified atom stereocenters. The molecule has 0 aromatic heterocycles. The average Bonchev–Trinajstić information content (AvgIpc) is 1.41. The molecule has 0 spiro atoms. The number of primary amides is 1. The van der Waals surface area contributed by atoms with E-state index in [-0.39, 0.29) is 120 Å². The van der Waals surface area contributed by atoms with E-state index in [4.69, 9.17) is 33.8 Å². The molecule has 7 N–H and O–H groups in total. The number of carbonyl (C=O) groups is 7. The lowest BCUT2D eigenvalue weighted by molar-refractivity contribution is -0.134. The van der Waals surface area contributed by atoms with Gasteiger partial charge in [-0.15, -0.1) is 0 Å². The minimum absolute atomic E-state index is 0.00885. The number of hydrogen-bond acceptors (Lipinski definition) is 15. The van der Waals surface area contributed by atoms with Gasteiger partial charge in [-0.2, -0.15) is 0 Å². The first-order chi connectivity index (χ1) is 53.1. The third-order valence-electron chi connectivity index (χ3n) is 25.0. The molecule has 0 radical (unpaired) electrons. The van der Waals surface area contributed by atoms with Crippen LogP contribution in [0.3, 0.4) is 0 Å². The summed E-state index contributed by atoms with van der Waals surface area (Å²) < 4.78 is 37.8. The maximum atomic E-state index is 14.8. The maximum Gasteiger partial charge on any atom is 0.254 e. The first-order valence-electron chi connectivity index (χ1n) is 41.8. The van der Waals surface area contributed by atoms with Crippen LogP contribution in [-0.4, -0.2) is 208 Å². The molecule has 5 aliphatic carbocycles. The van der Waals surface area contributed by atoms with Crippen molar-refractivity contribution in [2.75, 3.05) is 143 Å². The molecule has 23 nitrogen and oxygen atoms in total. The fourth-order valence-corrected chi connectivity index (χ4v) is 18.7. The minimum Gasteiger partial charge on any atom is -0.456 e. The second-order valence-corrected chi connectivity index (χ2v) is 32.2. The number of nitrogens with one attached hydrogen (secondary N) is 5. The number of benzene rings is 3. The maximum absolute atomic E-state index is 14.8. The molecule has 2 aliphatic heterocycles. The summed E-state index contributed by atoms with van der Waals surface area (Å²) in [6.07, 6.45) is 17.8. The number of amides is 7. The van der Waals surface area contributed by atoms with E-state index in [1.807, 2.05) is 31.3 Å². The lowest BCUT2D eigenvalue weighted by atomic mass is 9.47. The fraction of sp³-hybridized carbons (Fsp3) is 0.678. The quantitative estimate of drug-likeness (QED) is 0.0104. The Bertz CT molecular complexity index is 3730. The predicted octanol–water partition coefficient (Wildman–Crippen LogP) is 10.3. The third-order valence-corrected chi connectivity index (χ3v) is 25.0. The topological polar surface area (TPSA) is 278 Å². The first-order valence-corrected chi connectivity index (χ1v) is 41.8. The molecule has 110 heavy (non-hydrogen) atoms. The molecule has 7 aliphatic rings. The summed E-state index contributed by atoms with van der Waals surface area (Å²) in [5.41, 5.74) is 12.8. The molecule has 9 rings (SSSR count). The number of ether oxygens (including phenoxy) is 5. The molecule has 4 fully saturated rings. The molecule has 23 heteroatoms. The Morgan fingerprint density at radius 3 is 2.02 bits per heavy atom. The third kappa shape index (κ3) is 23.2. The van der Waals surface area contributed by atoms with E-state index < -0.39 is 29.8 Å². The second-order valence-electron chi connectivity index (χ2n) is 32.2. The van der Waals surface area contributed by atoms with Gasteiger partial charge in [-0.05, 0) is 188 Å². The molecule has 2 aromatic carbocycles. The predicted molar refractivity (Wildman–Crippen MR) is 432 cm³/mol. The SMILES string of the molecule is CCN(CC)c1ccc2c(-c3ccccc3C(=O)N3CCN(C(=O)CC[C@H](NC(=O)CCOCCOCCNC)C(=O)NCCOCCOCCC(=O)N[C@@H](CCCCNC(=O)CO[C@H]4CC[C@@]5(C)C(=CCC6C5CC[C@@]5(C)C6CC[C@@H]5C(C)CCCC(C)C)C4)C(N)=O)CC3)c3ccc(=[N+](CC)CC)cc-3oc2c1. The largest absolute Gasteiger partial charge is 0.456 e. The van der Waals surface area contributed by atoms with E-state index in [0.29, 0.717) is 76.2 Å². The van der Waals surface area contributed by atoms with Gasteiger partial charge < -0.3 is 75.1 Å². The number of likely N-dealkylation sites (N-methyl/N-ethyl adjacent to an activating group) is 1. The zero-order chi connectivity index (χ0) is 78.7. The average molecular weight is 1530 g/mol. The minimum atomic E-state index is -1.04. The summed E-state index contributed by atoms with van der Waals surface area (Å²) in [6.45, 7) is 28.5. The summed E-state index contributed by atoms with van der Waals surface area (Å²) in [6, 6.07) is 18.4. The van der Waals surface area contributed by atoms with Crippen molar-refractivity contribution in [2.24, 2.45) is 52.1 Å². The van der Waals surface area contributed by atoms with Crippen LogP contribution in [0.15, 0.2) is 76.7 Å². The van der Waals surface area contributed by atoms with Crippen molar-refractivity contribution >= 4 is 58.0 Å². The van der Waals surface area contributed by atoms with Gasteiger partial charge in [0.15, 0.2) is 0 Å². The van der Waals surface area contributed by atoms with Crippen LogP contribution in [0.5, 0.6) is 0 Å². The number of nitrogens with two attached hydrogens (primary N) is 1. The molecule has 3 saturated carbocycles. The van der Waals surface area contributed by atoms with E-state index in [1.54, 1.807) is 15.4 Å². The van der Waals surface area contributed by atoms with Crippen molar-refractivity contribution in [1.82, 2.24) is 41.0 Å². The van der Waals surface area contributed by atoms with E-state index in [0.717, 1.165) is 125 Å². The number of anilines is 1. The van der Waals surface area contributed by atoms with Gasteiger partial charge in [0.1, 0.15) is 43.1 Å². The number of unbranched alkanes of at least 4 members (excludes halogenated alkanes) is 1. The number of nitrogens with zero attached hydrogens (tertiary/aromatic N) is 4. The number of piperazine rings is 1. The van der Waals surface area contributed by atoms with Crippen molar-refractivity contribution in [3.05, 3.63) is 83.2 Å². The van der Waals surface area contributed by atoms with Gasteiger partial charge in [-0.3, -0.25) is 33.6 Å². The van der Waals surface area contributed by atoms with Crippen LogP contribution < -0.4 is 47.2 Å². The molecular weight excluding hydrogens is 1390 g/mol. The van der Waals surface area contributed by atoms with Crippen LogP contribution in [-0.2, 0) is 52.5 Å². The Kier molecular flexibility index (Phi) is 34.0. The highest BCUT2D eigenvalue weighted by Gasteiger charge is 2.59. The van der Waals surface area contributed by atoms with Gasteiger partial charge in [-0.1, -0.05) is 83.7 Å². The van der Waals surface area contributed by atoms with Gasteiger partial charge in [-0.25, -0.2) is 4.58 Å². The Morgan fingerprint density at radius 1 is 0.655 bits per heavy atom. The highest BCUT2D eigenvalue weighted by atomic mass is 16.5. The number of rotatable bonds is 45. The number of carbonyl (C=O) groups excluding carboxylic acids is 7. The van der Waals surface area contributed by atoms with Crippen molar-refractivity contribution in [2.45, 2.75) is 196 Å². The van der Waals surface area contributed by atoms with Crippen molar-refractivity contribution < 1.29 is 61.7 Å². The second kappa shape index (κ2) is 43.1. The van der Waals surface area contributed by atoms with E-state index in [1.165, 1.54) is 51.4 Å². The van der Waals surface area contributed by atoms with Gasteiger partial charge >= 0.3 is 0 Å². The molecule has 7 amide bonds. The summed E-state index contributed by atoms with van der Waals surface area (Å²) in [5, 5.41) is 16.3. The van der Waals surface area contributed by atoms with Crippen molar-refractivity contribution in [3.8, 4) is 22.5 Å². The highest BCUT2D eigenvalue weighted by Crippen LogP contribution is 2.67. The lowest BCUT2D eigenvalue weighted by Gasteiger charge is -2.58. The van der Waals surface area contributed by atoms with Gasteiger partial charge in [0.25, 0.3) is 5.91 Å². The number of fused-ring (bicyclic) bond motifs is 7. The molecule has 10 atom stereocenters. The van der Waals surface area contributed by atoms with Crippen LogP contribution in [0.4, 0.5) is 5.69 Å². The molecule has 0 bridgehead atoms. The molecule has 1 saturated heterocycles. The fourth-order valence-electron chi connectivity index (χ4n) is 18.7. The van der Waals surface area contributed by atoms with Crippen molar-refractivity contribution in [1.29, 1.82) is 0 Å². The summed E-state index contributed by atoms with van der Waals surface area (Å²) in [7, 11) is 1.84. The molecule has 2 aromatic rings. The normalized spacial score (nSPS) is 21.8. The Hall–Kier alpha value is -7.28. The lowest BCUT2D eigenvalue weighted by Crippen LogP contribution is -2.51. The molecular formula is C87H133N10O13+. The van der Waals surface area contributed by atoms with Crippen LogP contribution in [0.2, 0.25) is 0 Å². The van der Waals surface area contributed by atoms with Crippen molar-refractivity contribution in [3.63, 3.8) is 0 Å². The first kappa shape index (κ1) is 86.7. The zero-order valence-corrected chi connectivity index (χ0v) is 68.1. The van der Waals surface area contributed by atoms with Crippen LogP contribution in [0.1, 0.15) is 188 Å². The number of hydrogen-bond donors (Lipinski definition) is 6. The van der Waals surface area contributed by atoms with Crippen LogP contribution in [0.25, 0.3) is 33.4 Å². The Labute approximate surface area is 654 Å². The highest BCUT2D eigenvalue weighted by molar-refractivity contribution is 6.09. The summed E-state index contributed by atoms with van der Waals surface area (Å²) in [4.78, 5) is 99.8. The zero-order valence-electron chi connectivity index (χ0n) is 68.1. The van der Waals surface area contributed by atoms with Crippen LogP contribution in [0, 0.1) is 46.3 Å². The monoisotopic (exact) mass is 1530 g/mol. The molecule has 608 valence electrons. The summed E-state index contributed by atoms with van der Waals surface area (Å²) >= 11 is 0. The van der Waals surface area contributed by atoms with E-state index >= 15 is 0 Å². The van der Waals surface area contributed by atoms with E-state index in [9.17, 15) is 33.6 Å². The summed E-state index contributed by atoms with van der Waals surface area (Å²) in [5.74, 6) is 3.06. The Balaban J connectivity index is 0.664. The number of allylic oxidation sites excluding steroid dienone is 1. The molecule has 2 heterocycles. The standard InChI is InChI=1S/C87H132N10O13/c1-11-94(12-2)63-26-29-69-76(57-63)110-77-58-64(95(13-3)14-4)27-30-70(77)82(69)66-22-15-16-23-67(66)85(104)97-46-44-96(45-47-97)81(101)34-33-75(93-79(99)38-49-106-52-54-107-50-42-89-10)84(103)91-43-51-108-55-53-105-48-37-78(98)92-74(83(88)102)24-17-18-41-90-80(100)59-109-65-35-39-86(8)62(56-65)25-28-68-72-32-31-71(61(7)21-19-20-60(5)6)87(72,9)40-36-73(68)86/h15-16,22-23,25-27,29-30,57-58,60-61,65,68,71-75,89H,11-14,17-21,24,28,31-56,59H2,1-10H3,(H5-,88,90,91,92,93,98,99,100,102,103)/p+1/t61?,65-,68?,71+,72?,73?,74-,75-,86-,87+/m0/s1. The smallest absolute Gasteiger partial charge is 0.254 e. The van der Waals surface area contributed by atoms with Gasteiger partial charge in [0.05, 0.1) is 65.0 Å². The van der Waals surface area contributed by atoms with Crippen LogP contribution >= 0.6 is 0 Å².